The van der Waals surface area contributed by atoms with Crippen molar-refractivity contribution in [3.8, 4) is 11.8 Å². The Morgan fingerprint density at radius 2 is 1.67 bits per heavy atom. The number of imide groups is 1. The maximum Gasteiger partial charge on any atom is 0.533 e. The minimum absolute atomic E-state index is 0.0822. The van der Waals surface area contributed by atoms with Crippen LogP contribution in [0.3, 0.4) is 0 Å². The van der Waals surface area contributed by atoms with Crippen molar-refractivity contribution in [2.45, 2.75) is 38.5 Å². The van der Waals surface area contributed by atoms with Crippen LogP contribution in [0.25, 0.3) is 0 Å². The Labute approximate surface area is 122 Å². The van der Waals surface area contributed by atoms with Crippen molar-refractivity contribution in [2.75, 3.05) is 6.61 Å². The molecule has 3 aliphatic rings. The van der Waals surface area contributed by atoms with Gasteiger partial charge in [0, 0.05) is 25.7 Å². The molecule has 0 aromatic carbocycles. The van der Waals surface area contributed by atoms with Crippen LogP contribution in [0.15, 0.2) is 0 Å². The Bertz CT molecular complexity index is 498. The molecule has 3 rings (SSSR count). The van der Waals surface area contributed by atoms with Gasteiger partial charge in [-0.3, -0.25) is 14.4 Å². The van der Waals surface area contributed by atoms with Gasteiger partial charge in [0.1, 0.15) is 0 Å². The van der Waals surface area contributed by atoms with Crippen LogP contribution in [0, 0.1) is 29.6 Å². The van der Waals surface area contributed by atoms with E-state index in [1.54, 1.807) is 0 Å². The van der Waals surface area contributed by atoms with Gasteiger partial charge < -0.3 is 4.74 Å². The lowest BCUT2D eigenvalue weighted by Gasteiger charge is -2.12. The number of amides is 2. The lowest BCUT2D eigenvalue weighted by molar-refractivity contribution is -0.177. The summed E-state index contributed by atoms with van der Waals surface area (Å²) in [5.41, 5.74) is 0. The summed E-state index contributed by atoms with van der Waals surface area (Å²) < 4.78 is 5.05. The summed E-state index contributed by atoms with van der Waals surface area (Å²) in [6.45, 7) is 0.282. The van der Waals surface area contributed by atoms with Gasteiger partial charge in [-0.2, -0.15) is 0 Å². The fourth-order valence-electron chi connectivity index (χ4n) is 3.21. The third kappa shape index (κ3) is 3.02. The van der Waals surface area contributed by atoms with Crippen molar-refractivity contribution in [1.29, 1.82) is 0 Å². The van der Waals surface area contributed by atoms with Crippen molar-refractivity contribution >= 4 is 18.0 Å². The minimum atomic E-state index is -0.978. The normalized spacial score (nSPS) is 30.7. The molecule has 2 aliphatic carbocycles. The highest BCUT2D eigenvalue weighted by Crippen LogP contribution is 2.52. The van der Waals surface area contributed by atoms with Gasteiger partial charge in [0.15, 0.2) is 0 Å². The first-order chi connectivity index (χ1) is 10.2. The van der Waals surface area contributed by atoms with Crippen molar-refractivity contribution in [3.05, 3.63) is 0 Å². The molecular weight excluding hydrogens is 274 g/mol. The van der Waals surface area contributed by atoms with Gasteiger partial charge in [0.25, 0.3) is 11.8 Å². The zero-order chi connectivity index (χ0) is 14.8. The van der Waals surface area contributed by atoms with E-state index in [9.17, 15) is 14.4 Å². The monoisotopic (exact) mass is 291 g/mol. The molecule has 0 aromatic heterocycles. The van der Waals surface area contributed by atoms with Gasteiger partial charge in [-0.25, -0.2) is 4.79 Å². The molecule has 0 radical (unpaired) electrons. The summed E-state index contributed by atoms with van der Waals surface area (Å²) in [4.78, 5) is 38.8. The highest BCUT2D eigenvalue weighted by atomic mass is 16.8. The Hall–Kier alpha value is -2.03. The molecular formula is C15H17NO5. The lowest BCUT2D eigenvalue weighted by atomic mass is 10.1. The number of nitrogens with zero attached hydrogens (tertiary/aromatic N) is 1. The number of ether oxygens (including phenoxy) is 1. The van der Waals surface area contributed by atoms with Crippen LogP contribution < -0.4 is 0 Å². The summed E-state index contributed by atoms with van der Waals surface area (Å²) in [6, 6.07) is 0. The largest absolute Gasteiger partial charge is 0.533 e. The average Bonchev–Trinajstić information content (AvgIpc) is 2.98. The molecule has 2 fully saturated rings. The van der Waals surface area contributed by atoms with E-state index in [0.717, 1.165) is 25.7 Å². The van der Waals surface area contributed by atoms with E-state index in [2.05, 4.69) is 16.7 Å². The van der Waals surface area contributed by atoms with Crippen LogP contribution in [0.5, 0.6) is 0 Å². The third-order valence-electron chi connectivity index (χ3n) is 4.40. The lowest BCUT2D eigenvalue weighted by Crippen LogP contribution is -2.32. The SMILES string of the molecule is O=C(OC[C@H]1[C@@H]2CCC#CCC[C@@H]21)ON1C(=O)CCC1=O. The summed E-state index contributed by atoms with van der Waals surface area (Å²) in [5, 5.41) is 0.506. The number of carbonyl (C=O) groups is 3. The van der Waals surface area contributed by atoms with Crippen molar-refractivity contribution in [1.82, 2.24) is 5.06 Å². The Balaban J connectivity index is 1.43. The van der Waals surface area contributed by atoms with Gasteiger partial charge in [0.2, 0.25) is 0 Å². The first-order valence-electron chi connectivity index (χ1n) is 7.33. The molecule has 1 aliphatic heterocycles. The summed E-state index contributed by atoms with van der Waals surface area (Å²) in [7, 11) is 0. The fourth-order valence-corrected chi connectivity index (χ4v) is 3.21. The number of hydrogen-bond donors (Lipinski definition) is 0. The van der Waals surface area contributed by atoms with Crippen LogP contribution in [0.1, 0.15) is 38.5 Å². The molecule has 21 heavy (non-hydrogen) atoms. The number of hydrogen-bond acceptors (Lipinski definition) is 5. The van der Waals surface area contributed by atoms with E-state index in [1.165, 1.54) is 0 Å². The molecule has 0 unspecified atom stereocenters. The van der Waals surface area contributed by atoms with Crippen LogP contribution in [-0.4, -0.2) is 29.6 Å². The first kappa shape index (κ1) is 13.9. The Morgan fingerprint density at radius 1 is 1.10 bits per heavy atom. The number of carbonyl (C=O) groups excluding carboxylic acids is 3. The Morgan fingerprint density at radius 3 is 2.24 bits per heavy atom. The standard InChI is InChI=1S/C15H17NO5/c17-13-7-8-14(18)16(13)21-15(19)20-9-12-10-5-3-1-2-4-6-11(10)12/h10-12H,3-9H2/t10-,11+,12+. The van der Waals surface area contributed by atoms with E-state index in [4.69, 9.17) is 4.74 Å². The molecule has 0 aromatic rings. The average molecular weight is 291 g/mol. The molecule has 2 amide bonds. The van der Waals surface area contributed by atoms with E-state index >= 15 is 0 Å². The molecule has 6 heteroatoms. The molecule has 1 saturated heterocycles. The van der Waals surface area contributed by atoms with Crippen molar-refractivity contribution < 1.29 is 24.0 Å². The molecule has 0 spiro atoms. The van der Waals surface area contributed by atoms with Gasteiger partial charge in [-0.15, -0.1) is 11.8 Å². The minimum Gasteiger partial charge on any atom is -0.432 e. The summed E-state index contributed by atoms with van der Waals surface area (Å²) in [6.07, 6.45) is 3.08. The van der Waals surface area contributed by atoms with Gasteiger partial charge in [0.05, 0.1) is 6.61 Å². The maximum atomic E-state index is 11.5. The molecule has 112 valence electrons. The van der Waals surface area contributed by atoms with Crippen LogP contribution in [-0.2, 0) is 19.2 Å². The van der Waals surface area contributed by atoms with Crippen molar-refractivity contribution in [2.24, 2.45) is 17.8 Å². The molecule has 1 saturated carbocycles. The molecule has 3 atom stereocenters. The number of fused-ring (bicyclic) bond motifs is 1. The maximum absolute atomic E-state index is 11.5. The van der Waals surface area contributed by atoms with E-state index in [0.29, 0.717) is 22.8 Å². The zero-order valence-electron chi connectivity index (χ0n) is 11.7. The van der Waals surface area contributed by atoms with Crippen LogP contribution >= 0.6 is 0 Å². The van der Waals surface area contributed by atoms with E-state index in [-0.39, 0.29) is 19.4 Å². The second kappa shape index (κ2) is 5.76. The molecule has 0 N–H and O–H groups in total. The highest BCUT2D eigenvalue weighted by molar-refractivity contribution is 6.01. The van der Waals surface area contributed by atoms with E-state index < -0.39 is 18.0 Å². The number of hydroxylamine groups is 2. The van der Waals surface area contributed by atoms with Gasteiger partial charge >= 0.3 is 6.16 Å². The predicted octanol–water partition coefficient (Wildman–Crippen LogP) is 1.64. The van der Waals surface area contributed by atoms with Crippen LogP contribution in [0.4, 0.5) is 4.79 Å². The highest BCUT2D eigenvalue weighted by Gasteiger charge is 2.49. The molecule has 6 nitrogen and oxygen atoms in total. The second-order valence-corrected chi connectivity index (χ2v) is 5.66. The third-order valence-corrected chi connectivity index (χ3v) is 4.40. The van der Waals surface area contributed by atoms with Gasteiger partial charge in [-0.1, -0.05) is 5.06 Å². The smallest absolute Gasteiger partial charge is 0.432 e. The molecule has 0 bridgehead atoms. The predicted molar refractivity (Wildman–Crippen MR) is 70.2 cm³/mol. The van der Waals surface area contributed by atoms with E-state index in [1.807, 2.05) is 0 Å². The van der Waals surface area contributed by atoms with Gasteiger partial charge in [-0.05, 0) is 30.6 Å². The molecule has 1 heterocycles. The van der Waals surface area contributed by atoms with Crippen LogP contribution in [0.2, 0.25) is 0 Å². The fraction of sp³-hybridized carbons (Fsp3) is 0.667. The topological polar surface area (TPSA) is 72.9 Å². The number of rotatable bonds is 3. The first-order valence-corrected chi connectivity index (χ1v) is 7.33. The summed E-state index contributed by atoms with van der Waals surface area (Å²) >= 11 is 0. The quantitative estimate of drug-likeness (QED) is 0.449. The summed E-state index contributed by atoms with van der Waals surface area (Å²) in [5.74, 6) is 6.75. The zero-order valence-corrected chi connectivity index (χ0v) is 11.7. The second-order valence-electron chi connectivity index (χ2n) is 5.66. The Kier molecular flexibility index (Phi) is 3.82. The van der Waals surface area contributed by atoms with Crippen molar-refractivity contribution in [3.63, 3.8) is 0 Å².